The number of unbranched alkanes of at least 4 members (excludes halogenated alkanes) is 2. The molecule has 7 rings (SSSR count). The Morgan fingerprint density at radius 3 is 2.45 bits per heavy atom. The fraction of sp³-hybridized carbons (Fsp3) is 0.262. The largest absolute Gasteiger partial charge is 0.356 e. The van der Waals surface area contributed by atoms with Crippen molar-refractivity contribution in [1.29, 1.82) is 0 Å². The molecule has 4 heterocycles. The van der Waals surface area contributed by atoms with Crippen molar-refractivity contribution < 1.29 is 18.8 Å². The Bertz CT molecular complexity index is 2500. The van der Waals surface area contributed by atoms with Gasteiger partial charge in [0.1, 0.15) is 22.7 Å². The number of Topliss-reactive ketones (excluding diaryl/α,β-unsaturated/α-hetero) is 1. The number of carbonyl (C=O) groups is 3. The summed E-state index contributed by atoms with van der Waals surface area (Å²) in [5.41, 5.74) is 6.02. The predicted octanol–water partition coefficient (Wildman–Crippen LogP) is 8.66. The SMILES string of the molecule is Cc1sc2c(c1C)C(c1ccc(Cl)cc1)=N[C@@H](CC(=O)NCCCCCC(=O)c1cc(S)c3ncc(C(=O)NCc4ccc(F)cc4)cc3c1)c1nnc(C)n1-2. The number of nitrogens with zero attached hydrogens (tertiary/aromatic N) is 5. The van der Waals surface area contributed by atoms with Gasteiger partial charge in [0.15, 0.2) is 11.6 Å². The minimum absolute atomic E-state index is 0.0431. The molecule has 0 aliphatic carbocycles. The minimum atomic E-state index is -0.556. The molecule has 0 unspecified atom stereocenters. The second kappa shape index (κ2) is 16.9. The number of nitrogens with one attached hydrogen (secondary N) is 2. The molecule has 0 fully saturated rings. The molecule has 3 aromatic heterocycles. The maximum absolute atomic E-state index is 13.3. The van der Waals surface area contributed by atoms with Crippen molar-refractivity contribution in [1.82, 2.24) is 30.4 Å². The summed E-state index contributed by atoms with van der Waals surface area (Å²) in [6, 6.07) is 18.1. The van der Waals surface area contributed by atoms with Crippen LogP contribution in [0, 0.1) is 26.6 Å². The number of rotatable bonds is 13. The number of hydrogen-bond acceptors (Lipinski definition) is 9. The Hall–Kier alpha value is -5.24. The number of pyridine rings is 1. The fourth-order valence-corrected chi connectivity index (χ4v) is 8.41. The van der Waals surface area contributed by atoms with Crippen molar-refractivity contribution in [2.75, 3.05) is 6.54 Å². The van der Waals surface area contributed by atoms with Crippen LogP contribution in [0.15, 0.2) is 82.8 Å². The lowest BCUT2D eigenvalue weighted by Crippen LogP contribution is -2.26. The van der Waals surface area contributed by atoms with E-state index in [1.807, 2.05) is 35.8 Å². The number of fused-ring (bicyclic) bond motifs is 4. The van der Waals surface area contributed by atoms with Gasteiger partial charge in [0.25, 0.3) is 5.91 Å². The Balaban J connectivity index is 0.938. The summed E-state index contributed by atoms with van der Waals surface area (Å²) in [4.78, 5) is 50.7. The Morgan fingerprint density at radius 1 is 0.929 bits per heavy atom. The van der Waals surface area contributed by atoms with Crippen LogP contribution in [0.4, 0.5) is 4.39 Å². The number of aryl methyl sites for hydroxylation is 2. The van der Waals surface area contributed by atoms with Crippen LogP contribution in [0.2, 0.25) is 5.02 Å². The third kappa shape index (κ3) is 8.45. The molecule has 0 radical (unpaired) electrons. The first kappa shape index (κ1) is 39.0. The monoisotopic (exact) mass is 807 g/mol. The number of halogens is 2. The van der Waals surface area contributed by atoms with Gasteiger partial charge in [-0.25, -0.2) is 4.39 Å². The van der Waals surface area contributed by atoms with Gasteiger partial charge in [-0.05, 0) is 87.2 Å². The zero-order valence-electron chi connectivity index (χ0n) is 31.0. The van der Waals surface area contributed by atoms with Crippen molar-refractivity contribution in [3.63, 3.8) is 0 Å². The Morgan fingerprint density at radius 2 is 1.68 bits per heavy atom. The lowest BCUT2D eigenvalue weighted by Gasteiger charge is -2.13. The topological polar surface area (TPSA) is 131 Å². The molecule has 56 heavy (non-hydrogen) atoms. The van der Waals surface area contributed by atoms with Gasteiger partial charge in [-0.1, -0.05) is 42.3 Å². The van der Waals surface area contributed by atoms with Crippen molar-refractivity contribution in [3.8, 4) is 5.00 Å². The highest BCUT2D eigenvalue weighted by Gasteiger charge is 2.32. The third-order valence-electron chi connectivity index (χ3n) is 9.85. The molecule has 1 aliphatic heterocycles. The molecule has 2 N–H and O–H groups in total. The fourth-order valence-electron chi connectivity index (χ4n) is 6.74. The van der Waals surface area contributed by atoms with Gasteiger partial charge in [0.2, 0.25) is 5.91 Å². The average Bonchev–Trinajstić information content (AvgIpc) is 3.67. The van der Waals surface area contributed by atoms with E-state index < -0.39 is 6.04 Å². The van der Waals surface area contributed by atoms with Crippen LogP contribution in [-0.4, -0.2) is 49.6 Å². The van der Waals surface area contributed by atoms with Crippen LogP contribution in [0.1, 0.15) is 97.6 Å². The van der Waals surface area contributed by atoms with Gasteiger partial charge in [-0.3, -0.25) is 28.9 Å². The van der Waals surface area contributed by atoms with E-state index in [2.05, 4.69) is 52.3 Å². The molecule has 10 nitrogen and oxygen atoms in total. The molecule has 0 saturated heterocycles. The molecule has 2 amide bonds. The molecule has 0 bridgehead atoms. The van der Waals surface area contributed by atoms with E-state index in [9.17, 15) is 18.8 Å². The summed E-state index contributed by atoms with van der Waals surface area (Å²) >= 11 is 12.5. The van der Waals surface area contributed by atoms with Crippen LogP contribution in [-0.2, 0) is 11.3 Å². The number of carbonyl (C=O) groups excluding carboxylic acids is 3. The first-order valence-corrected chi connectivity index (χ1v) is 19.9. The Kier molecular flexibility index (Phi) is 11.7. The van der Waals surface area contributed by atoms with E-state index >= 15 is 0 Å². The maximum Gasteiger partial charge on any atom is 0.253 e. The van der Waals surface area contributed by atoms with Crippen LogP contribution < -0.4 is 10.6 Å². The van der Waals surface area contributed by atoms with Crippen molar-refractivity contribution >= 4 is 69.8 Å². The molecule has 0 saturated carbocycles. The third-order valence-corrected chi connectivity index (χ3v) is 11.6. The molecule has 14 heteroatoms. The first-order valence-electron chi connectivity index (χ1n) is 18.3. The van der Waals surface area contributed by atoms with Crippen molar-refractivity contribution in [3.05, 3.63) is 134 Å². The number of amides is 2. The number of thiophene rings is 1. The van der Waals surface area contributed by atoms with Gasteiger partial charge in [-0.2, -0.15) is 0 Å². The van der Waals surface area contributed by atoms with Gasteiger partial charge in [0.05, 0.1) is 23.2 Å². The molecule has 1 atom stereocenters. The van der Waals surface area contributed by atoms with E-state index in [0.717, 1.165) is 45.2 Å². The number of hydrogen-bond donors (Lipinski definition) is 3. The van der Waals surface area contributed by atoms with Gasteiger partial charge < -0.3 is 10.6 Å². The van der Waals surface area contributed by atoms with Gasteiger partial charge >= 0.3 is 0 Å². The summed E-state index contributed by atoms with van der Waals surface area (Å²) in [7, 11) is 0. The first-order chi connectivity index (χ1) is 27.0. The van der Waals surface area contributed by atoms with E-state index in [-0.39, 0.29) is 36.4 Å². The normalized spacial score (nSPS) is 13.5. The zero-order chi connectivity index (χ0) is 39.5. The molecular weight excluding hydrogens is 769 g/mol. The number of aromatic nitrogens is 4. The lowest BCUT2D eigenvalue weighted by atomic mass is 9.99. The number of aliphatic imine (C=N–C) groups is 1. The average molecular weight is 808 g/mol. The summed E-state index contributed by atoms with van der Waals surface area (Å²) in [5.74, 6) is 0.483. The smallest absolute Gasteiger partial charge is 0.253 e. The quantitative estimate of drug-likeness (QED) is 0.0609. The van der Waals surface area contributed by atoms with Crippen LogP contribution in [0.25, 0.3) is 15.9 Å². The highest BCUT2D eigenvalue weighted by molar-refractivity contribution is 7.80. The van der Waals surface area contributed by atoms with Crippen molar-refractivity contribution in [2.45, 2.75) is 70.4 Å². The second-order valence-corrected chi connectivity index (χ2v) is 15.9. The predicted molar refractivity (Wildman–Crippen MR) is 220 cm³/mol. The summed E-state index contributed by atoms with van der Waals surface area (Å²) < 4.78 is 15.2. The number of thiol groups is 1. The van der Waals surface area contributed by atoms with E-state index in [4.69, 9.17) is 16.6 Å². The van der Waals surface area contributed by atoms with Gasteiger partial charge in [-0.15, -0.1) is 34.2 Å². The number of ketones is 1. The zero-order valence-corrected chi connectivity index (χ0v) is 33.5. The summed E-state index contributed by atoms with van der Waals surface area (Å²) in [5, 5.41) is 17.0. The van der Waals surface area contributed by atoms with Crippen LogP contribution in [0.5, 0.6) is 0 Å². The van der Waals surface area contributed by atoms with E-state index in [0.29, 0.717) is 63.6 Å². The molecular formula is C42H39ClFN7O3S2. The maximum atomic E-state index is 13.3. The molecule has 0 spiro atoms. The Labute approximate surface area is 338 Å². The minimum Gasteiger partial charge on any atom is -0.356 e. The van der Waals surface area contributed by atoms with Gasteiger partial charge in [0, 0.05) is 62.6 Å². The lowest BCUT2D eigenvalue weighted by molar-refractivity contribution is -0.121. The highest BCUT2D eigenvalue weighted by Crippen LogP contribution is 2.39. The molecule has 1 aliphatic rings. The molecule has 3 aromatic carbocycles. The van der Waals surface area contributed by atoms with E-state index in [1.54, 1.807) is 41.7 Å². The molecule has 286 valence electrons. The van der Waals surface area contributed by atoms with Crippen molar-refractivity contribution in [2.24, 2.45) is 4.99 Å². The van der Waals surface area contributed by atoms with E-state index in [1.165, 1.54) is 23.2 Å². The van der Waals surface area contributed by atoms with Crippen LogP contribution in [0.3, 0.4) is 0 Å². The standard InChI is InChI=1S/C42H39ClFN7O3S2/c1-23-24(2)56-42-37(23)39(27-10-12-31(43)13-11-27)48-33(40-50-49-25(3)51(40)42)20-36(53)45-16-6-4-5-7-34(52)28-17-29-18-30(22-46-38(29)35(55)19-28)41(54)47-21-26-8-14-32(44)15-9-26/h8-15,17-19,22,33,55H,4-7,16,20-21H2,1-3H3,(H,45,53)(H,47,54)/t33-/m0/s1. The number of benzene rings is 3. The van der Waals surface area contributed by atoms with Crippen LogP contribution >= 0.6 is 35.6 Å². The highest BCUT2D eigenvalue weighted by atomic mass is 35.5. The summed E-state index contributed by atoms with van der Waals surface area (Å²) in [6.45, 7) is 6.78. The molecule has 6 aromatic rings. The summed E-state index contributed by atoms with van der Waals surface area (Å²) in [6.07, 6.45) is 3.96. The second-order valence-electron chi connectivity index (χ2n) is 13.8.